The first-order valence-electron chi connectivity index (χ1n) is 15.8. The number of unbranched alkanes of at least 4 members (excludes halogenated alkanes) is 3. The third-order valence-corrected chi connectivity index (χ3v) is 9.76. The standard InChI is InChI=1S/C34H43F4N7OS2/c1-32(2,34(36,37)38)23-46-28-18-20-45(43-28)31-30(42-27(21-40-31)44-48-29-17-12-16-26(35)41-29)25-15-10-9-14-24(25)13-8-6-7-11-19-39-22-33(3,4)47-5/h9-10,12,14-18,20-21,39H,6-8,11,13,19,22-23H2,1-5H3,(H,42,44). The summed E-state index contributed by atoms with van der Waals surface area (Å²) in [7, 11) is 0. The van der Waals surface area contributed by atoms with Crippen LogP contribution in [-0.2, 0) is 6.42 Å². The van der Waals surface area contributed by atoms with Crippen LogP contribution in [0.1, 0.15) is 58.9 Å². The molecule has 0 saturated carbocycles. The number of nitrogens with one attached hydrogen (secondary N) is 2. The number of pyridine rings is 1. The fourth-order valence-corrected chi connectivity index (χ4v) is 5.35. The first-order valence-corrected chi connectivity index (χ1v) is 17.8. The number of halogens is 4. The summed E-state index contributed by atoms with van der Waals surface area (Å²) in [6.07, 6.45) is 5.91. The molecular formula is C34H43F4N7OS2. The molecule has 0 saturated heterocycles. The summed E-state index contributed by atoms with van der Waals surface area (Å²) >= 11 is 2.96. The molecule has 3 heterocycles. The highest BCUT2D eigenvalue weighted by Crippen LogP contribution is 2.38. The van der Waals surface area contributed by atoms with Crippen molar-refractivity contribution in [3.8, 4) is 23.0 Å². The second-order valence-corrected chi connectivity index (χ2v) is 15.0. The van der Waals surface area contributed by atoms with E-state index in [1.54, 1.807) is 18.3 Å². The van der Waals surface area contributed by atoms with Crippen molar-refractivity contribution in [1.29, 1.82) is 0 Å². The van der Waals surface area contributed by atoms with Crippen molar-refractivity contribution < 1.29 is 22.3 Å². The Morgan fingerprint density at radius 1 is 0.917 bits per heavy atom. The molecule has 14 heteroatoms. The summed E-state index contributed by atoms with van der Waals surface area (Å²) in [6.45, 7) is 8.02. The zero-order valence-corrected chi connectivity index (χ0v) is 29.5. The SMILES string of the molecule is CSC(C)(C)CNCCCCCCc1ccccc1-c1nc(NSc2cccc(F)n2)cnc1-n1ccc(OCC(C)(C)C(F)(F)F)n1. The minimum absolute atomic E-state index is 0.0368. The van der Waals surface area contributed by atoms with E-state index in [0.29, 0.717) is 22.4 Å². The number of nitrogens with zero attached hydrogens (tertiary/aromatic N) is 5. The number of rotatable bonds is 18. The van der Waals surface area contributed by atoms with E-state index in [9.17, 15) is 17.6 Å². The highest BCUT2D eigenvalue weighted by molar-refractivity contribution is 8.00. The quantitative estimate of drug-likeness (QED) is 0.0456. The Morgan fingerprint density at radius 2 is 1.69 bits per heavy atom. The largest absolute Gasteiger partial charge is 0.476 e. The Kier molecular flexibility index (Phi) is 13.1. The van der Waals surface area contributed by atoms with Gasteiger partial charge < -0.3 is 14.8 Å². The van der Waals surface area contributed by atoms with E-state index in [0.717, 1.165) is 82.1 Å². The van der Waals surface area contributed by atoms with Gasteiger partial charge in [-0.15, -0.1) is 5.10 Å². The first kappa shape index (κ1) is 37.5. The van der Waals surface area contributed by atoms with Gasteiger partial charge in [0, 0.05) is 41.1 Å². The Morgan fingerprint density at radius 3 is 2.44 bits per heavy atom. The topological polar surface area (TPSA) is 89.8 Å². The lowest BCUT2D eigenvalue weighted by Gasteiger charge is -2.26. The van der Waals surface area contributed by atoms with Crippen molar-refractivity contribution in [3.05, 3.63) is 72.4 Å². The molecule has 0 radical (unpaired) electrons. The lowest BCUT2D eigenvalue weighted by Crippen LogP contribution is -2.37. The van der Waals surface area contributed by atoms with E-state index in [2.05, 4.69) is 51.3 Å². The average Bonchev–Trinajstić information content (AvgIpc) is 3.53. The molecule has 0 aliphatic heterocycles. The third-order valence-electron chi connectivity index (χ3n) is 7.76. The van der Waals surface area contributed by atoms with Crippen LogP contribution in [0.2, 0.25) is 0 Å². The van der Waals surface area contributed by atoms with Crippen molar-refractivity contribution in [1.82, 2.24) is 30.0 Å². The number of alkyl halides is 3. The molecule has 8 nitrogen and oxygen atoms in total. The molecule has 0 fully saturated rings. The number of aryl methyl sites for hydroxylation is 1. The second-order valence-electron chi connectivity index (χ2n) is 12.7. The second kappa shape index (κ2) is 16.8. The molecule has 0 aliphatic rings. The van der Waals surface area contributed by atoms with Gasteiger partial charge >= 0.3 is 6.18 Å². The van der Waals surface area contributed by atoms with Gasteiger partial charge in [-0.2, -0.15) is 29.3 Å². The van der Waals surface area contributed by atoms with Crippen LogP contribution in [0.3, 0.4) is 0 Å². The highest BCUT2D eigenvalue weighted by atomic mass is 32.2. The van der Waals surface area contributed by atoms with Crippen molar-refractivity contribution in [2.75, 3.05) is 30.7 Å². The summed E-state index contributed by atoms with van der Waals surface area (Å²) in [6, 6.07) is 14.0. The average molecular weight is 706 g/mol. The number of aromatic nitrogens is 5. The zero-order valence-electron chi connectivity index (χ0n) is 27.9. The molecule has 0 aliphatic carbocycles. The number of hydrogen-bond acceptors (Lipinski definition) is 9. The number of thioether (sulfide) groups is 1. The first-order chi connectivity index (χ1) is 22.8. The summed E-state index contributed by atoms with van der Waals surface area (Å²) in [5.41, 5.74) is 0.410. The van der Waals surface area contributed by atoms with E-state index >= 15 is 0 Å². The van der Waals surface area contributed by atoms with Crippen LogP contribution in [-0.4, -0.2) is 61.6 Å². The summed E-state index contributed by atoms with van der Waals surface area (Å²) < 4.78 is 64.0. The van der Waals surface area contributed by atoms with Gasteiger partial charge in [-0.1, -0.05) is 43.2 Å². The van der Waals surface area contributed by atoms with Crippen LogP contribution in [0.4, 0.5) is 23.4 Å². The number of hydrogen-bond donors (Lipinski definition) is 2. The van der Waals surface area contributed by atoms with Gasteiger partial charge in [0.1, 0.15) is 17.3 Å². The van der Waals surface area contributed by atoms with Gasteiger partial charge in [0.05, 0.1) is 11.6 Å². The molecule has 1 aromatic carbocycles. The monoisotopic (exact) mass is 705 g/mol. The molecule has 3 aromatic heterocycles. The number of anilines is 1. The van der Waals surface area contributed by atoms with Crippen LogP contribution in [0.15, 0.2) is 66.0 Å². The Hall–Kier alpha value is -3.36. The molecule has 2 N–H and O–H groups in total. The van der Waals surface area contributed by atoms with E-state index in [1.807, 2.05) is 30.0 Å². The maximum absolute atomic E-state index is 13.6. The predicted octanol–water partition coefficient (Wildman–Crippen LogP) is 8.78. The maximum atomic E-state index is 13.6. The van der Waals surface area contributed by atoms with Gasteiger partial charge in [-0.25, -0.2) is 19.6 Å². The molecule has 48 heavy (non-hydrogen) atoms. The maximum Gasteiger partial charge on any atom is 0.397 e. The van der Waals surface area contributed by atoms with E-state index in [-0.39, 0.29) is 10.6 Å². The molecular weight excluding hydrogens is 663 g/mol. The molecule has 4 rings (SSSR count). The van der Waals surface area contributed by atoms with Crippen LogP contribution in [0.25, 0.3) is 17.1 Å². The Balaban J connectivity index is 1.52. The van der Waals surface area contributed by atoms with E-state index < -0.39 is 24.1 Å². The number of benzene rings is 1. The third kappa shape index (κ3) is 10.8. The van der Waals surface area contributed by atoms with Crippen molar-refractivity contribution in [2.24, 2.45) is 5.41 Å². The molecule has 0 amide bonds. The van der Waals surface area contributed by atoms with E-state index in [4.69, 9.17) is 9.72 Å². The van der Waals surface area contributed by atoms with Crippen LogP contribution in [0, 0.1) is 11.4 Å². The highest BCUT2D eigenvalue weighted by Gasteiger charge is 2.48. The predicted molar refractivity (Wildman–Crippen MR) is 186 cm³/mol. The van der Waals surface area contributed by atoms with Gasteiger partial charge in [-0.3, -0.25) is 0 Å². The van der Waals surface area contributed by atoms with Gasteiger partial charge in [0.2, 0.25) is 11.8 Å². The van der Waals surface area contributed by atoms with Crippen molar-refractivity contribution in [2.45, 2.75) is 75.7 Å². The summed E-state index contributed by atoms with van der Waals surface area (Å²) in [4.78, 5) is 13.4. The van der Waals surface area contributed by atoms with Crippen molar-refractivity contribution >= 4 is 29.5 Å². The number of ether oxygens (including phenoxy) is 1. The molecule has 260 valence electrons. The van der Waals surface area contributed by atoms with E-state index in [1.165, 1.54) is 23.0 Å². The van der Waals surface area contributed by atoms with Gasteiger partial charge in [0.25, 0.3) is 0 Å². The van der Waals surface area contributed by atoms with Crippen molar-refractivity contribution in [3.63, 3.8) is 0 Å². The molecule has 4 aromatic rings. The Bertz CT molecular complexity index is 1610. The van der Waals surface area contributed by atoms with Gasteiger partial charge in [-0.05, 0) is 77.5 Å². The minimum Gasteiger partial charge on any atom is -0.476 e. The fourth-order valence-electron chi connectivity index (χ4n) is 4.52. The minimum atomic E-state index is -4.43. The molecule has 0 atom stereocenters. The zero-order chi connectivity index (χ0) is 34.8. The van der Waals surface area contributed by atoms with Crippen LogP contribution >= 0.6 is 23.7 Å². The fraction of sp³-hybridized carbons (Fsp3) is 0.471. The summed E-state index contributed by atoms with van der Waals surface area (Å²) in [5, 5.41) is 8.36. The lowest BCUT2D eigenvalue weighted by molar-refractivity contribution is -0.219. The molecule has 0 bridgehead atoms. The molecule has 0 unspecified atom stereocenters. The molecule has 0 spiro atoms. The Labute approximate surface area is 288 Å². The van der Waals surface area contributed by atoms with Crippen LogP contribution < -0.4 is 14.8 Å². The van der Waals surface area contributed by atoms with Gasteiger partial charge in [0.15, 0.2) is 11.6 Å². The van der Waals surface area contributed by atoms with Crippen LogP contribution in [0.5, 0.6) is 5.88 Å². The smallest absolute Gasteiger partial charge is 0.397 e. The lowest BCUT2D eigenvalue weighted by atomic mass is 9.94. The summed E-state index contributed by atoms with van der Waals surface area (Å²) in [5.74, 6) is 0.233. The normalized spacial score (nSPS) is 12.4.